The second-order valence-corrected chi connectivity index (χ2v) is 7.19. The fraction of sp³-hybridized carbons (Fsp3) is 0.0526. The minimum atomic E-state index is -0.551. The molecule has 16 heteroatoms. The van der Waals surface area contributed by atoms with E-state index in [1.165, 1.54) is 18.3 Å². The van der Waals surface area contributed by atoms with Gasteiger partial charge in [-0.25, -0.2) is 14.4 Å². The zero-order valence-corrected chi connectivity index (χ0v) is 17.3. The van der Waals surface area contributed by atoms with Crippen molar-refractivity contribution < 1.29 is 19.0 Å². The van der Waals surface area contributed by atoms with E-state index in [0.717, 1.165) is 0 Å². The van der Waals surface area contributed by atoms with Crippen LogP contribution in [0.4, 0.5) is 23.0 Å². The smallest absolute Gasteiger partial charge is 0.323 e. The van der Waals surface area contributed by atoms with E-state index in [4.69, 9.17) is 9.47 Å². The second-order valence-electron chi connectivity index (χ2n) is 7.19. The molecule has 5 aromatic rings. The zero-order valence-electron chi connectivity index (χ0n) is 17.3. The topological polar surface area (TPSA) is 211 Å². The van der Waals surface area contributed by atoms with Gasteiger partial charge < -0.3 is 24.8 Å². The van der Waals surface area contributed by atoms with E-state index < -0.39 is 4.92 Å². The molecule has 0 unspecified atom stereocenters. The molecule has 2 aromatic carbocycles. The molecule has 1 aliphatic heterocycles. The summed E-state index contributed by atoms with van der Waals surface area (Å²) in [5, 5.41) is 26.0. The van der Waals surface area contributed by atoms with Gasteiger partial charge in [0.05, 0.1) is 33.8 Å². The quantitative estimate of drug-likeness (QED) is 0.157. The third-order valence-corrected chi connectivity index (χ3v) is 4.99. The number of anilines is 3. The van der Waals surface area contributed by atoms with Crippen LogP contribution in [0.2, 0.25) is 0 Å². The summed E-state index contributed by atoms with van der Waals surface area (Å²) in [6, 6.07) is 7.85. The highest BCUT2D eigenvalue weighted by molar-refractivity contribution is 5.88. The van der Waals surface area contributed by atoms with E-state index in [1.807, 2.05) is 0 Å². The van der Waals surface area contributed by atoms with Crippen molar-refractivity contribution in [3.05, 3.63) is 56.5 Å². The molecule has 0 spiro atoms. The Morgan fingerprint density at radius 3 is 2.57 bits per heavy atom. The standard InChI is InChI=1S/C19H12N10O6/c30-19-22-10-2-1-9(4-11(10)23-19)21-15-16(25-18-17(24-15)27-35-28-18)26-20-6-8-3-13-14(34-7-33-13)5-12(8)29(31)32/h1-6H,7H2,(H,21,24,27)(H2,22,23,30)(H,25,26,28)/b20-6-. The Labute approximate surface area is 192 Å². The van der Waals surface area contributed by atoms with Crippen molar-refractivity contribution in [2.75, 3.05) is 17.5 Å². The SMILES string of the molecule is O=c1[nH]c2ccc(Nc3nc4nonc4nc3N/N=C\c3cc4c(cc3[N+](=O)[O-])OCO4)cc2[nH]1. The van der Waals surface area contributed by atoms with Crippen LogP contribution in [0.25, 0.3) is 22.3 Å². The number of ether oxygens (including phenoxy) is 2. The molecule has 4 heterocycles. The number of aromatic amines is 2. The van der Waals surface area contributed by atoms with Gasteiger partial charge in [0.15, 0.2) is 23.1 Å². The first-order valence-corrected chi connectivity index (χ1v) is 9.90. The third-order valence-electron chi connectivity index (χ3n) is 4.99. The number of aromatic nitrogens is 6. The van der Waals surface area contributed by atoms with Crippen LogP contribution in [0.1, 0.15) is 5.56 Å². The number of nitrogens with one attached hydrogen (secondary N) is 4. The van der Waals surface area contributed by atoms with Gasteiger partial charge >= 0.3 is 5.69 Å². The van der Waals surface area contributed by atoms with Crippen molar-refractivity contribution in [2.24, 2.45) is 5.10 Å². The highest BCUT2D eigenvalue weighted by atomic mass is 16.7. The Morgan fingerprint density at radius 1 is 1.03 bits per heavy atom. The van der Waals surface area contributed by atoms with Crippen LogP contribution in [0.3, 0.4) is 0 Å². The van der Waals surface area contributed by atoms with Gasteiger partial charge in [-0.15, -0.1) is 0 Å². The molecule has 0 atom stereocenters. The summed E-state index contributed by atoms with van der Waals surface area (Å²) in [4.78, 5) is 36.4. The molecule has 1 aliphatic rings. The first-order chi connectivity index (χ1) is 17.0. The third kappa shape index (κ3) is 3.69. The van der Waals surface area contributed by atoms with Crippen molar-refractivity contribution in [1.29, 1.82) is 0 Å². The molecule has 0 radical (unpaired) electrons. The first kappa shape index (κ1) is 20.1. The fourth-order valence-electron chi connectivity index (χ4n) is 3.42. The van der Waals surface area contributed by atoms with Gasteiger partial charge in [-0.3, -0.25) is 15.5 Å². The molecule has 174 valence electrons. The molecule has 6 rings (SSSR count). The molecule has 0 saturated carbocycles. The van der Waals surface area contributed by atoms with E-state index in [0.29, 0.717) is 22.5 Å². The number of hydrogen-bond donors (Lipinski definition) is 4. The van der Waals surface area contributed by atoms with Crippen LogP contribution in [0.5, 0.6) is 11.5 Å². The average Bonchev–Trinajstić information content (AvgIpc) is 3.56. The number of nitro benzene ring substituents is 1. The molecule has 16 nitrogen and oxygen atoms in total. The monoisotopic (exact) mass is 476 g/mol. The van der Waals surface area contributed by atoms with Crippen molar-refractivity contribution in [1.82, 2.24) is 30.2 Å². The van der Waals surface area contributed by atoms with Gasteiger partial charge in [-0.1, -0.05) is 0 Å². The number of H-pyrrole nitrogens is 2. The lowest BCUT2D eigenvalue weighted by Gasteiger charge is -2.09. The van der Waals surface area contributed by atoms with Gasteiger partial charge in [-0.05, 0) is 34.6 Å². The molecule has 4 N–H and O–H groups in total. The minimum Gasteiger partial charge on any atom is -0.454 e. The maximum absolute atomic E-state index is 11.5. The number of imidazole rings is 1. The highest BCUT2D eigenvalue weighted by Gasteiger charge is 2.22. The molecule has 0 amide bonds. The Hall–Kier alpha value is -5.54. The van der Waals surface area contributed by atoms with Crippen molar-refractivity contribution >= 4 is 51.6 Å². The molecule has 0 aliphatic carbocycles. The van der Waals surface area contributed by atoms with Gasteiger partial charge in [0.2, 0.25) is 18.1 Å². The lowest BCUT2D eigenvalue weighted by Crippen LogP contribution is -2.03. The minimum absolute atomic E-state index is 0.0237. The highest BCUT2D eigenvalue weighted by Crippen LogP contribution is 2.37. The van der Waals surface area contributed by atoms with Crippen LogP contribution in [-0.4, -0.2) is 48.2 Å². The summed E-state index contributed by atoms with van der Waals surface area (Å²) in [6.07, 6.45) is 1.24. The molecular weight excluding hydrogens is 464 g/mol. The number of rotatable bonds is 6. The van der Waals surface area contributed by atoms with Crippen LogP contribution >= 0.6 is 0 Å². The van der Waals surface area contributed by atoms with Crippen LogP contribution in [0, 0.1) is 10.1 Å². The Bertz CT molecular complexity index is 1700. The lowest BCUT2D eigenvalue weighted by atomic mass is 10.1. The molecule has 3 aromatic heterocycles. The second kappa shape index (κ2) is 7.80. The molecule has 35 heavy (non-hydrogen) atoms. The molecular formula is C19H12N10O6. The van der Waals surface area contributed by atoms with E-state index in [9.17, 15) is 14.9 Å². The number of benzene rings is 2. The van der Waals surface area contributed by atoms with Crippen LogP contribution < -0.4 is 25.9 Å². The van der Waals surface area contributed by atoms with E-state index in [-0.39, 0.29) is 52.4 Å². The van der Waals surface area contributed by atoms with E-state index in [1.54, 1.807) is 18.2 Å². The molecule has 0 saturated heterocycles. The van der Waals surface area contributed by atoms with Gasteiger partial charge in [0.1, 0.15) is 0 Å². The van der Waals surface area contributed by atoms with Gasteiger partial charge in [0, 0.05) is 5.69 Å². The largest absolute Gasteiger partial charge is 0.454 e. The predicted molar refractivity (Wildman–Crippen MR) is 120 cm³/mol. The van der Waals surface area contributed by atoms with Crippen molar-refractivity contribution in [3.8, 4) is 11.5 Å². The van der Waals surface area contributed by atoms with E-state index in [2.05, 4.69) is 50.7 Å². The normalized spacial score (nSPS) is 12.6. The average molecular weight is 476 g/mol. The number of hydrazone groups is 1. The Morgan fingerprint density at radius 2 is 1.77 bits per heavy atom. The fourth-order valence-corrected chi connectivity index (χ4v) is 3.42. The van der Waals surface area contributed by atoms with Crippen LogP contribution in [0.15, 0.2) is 44.9 Å². The summed E-state index contributed by atoms with van der Waals surface area (Å²) >= 11 is 0. The number of nitro groups is 1. The maximum atomic E-state index is 11.5. The molecule has 0 bridgehead atoms. The number of hydrogen-bond acceptors (Lipinski definition) is 13. The van der Waals surface area contributed by atoms with Crippen LogP contribution in [-0.2, 0) is 0 Å². The summed E-state index contributed by atoms with van der Waals surface area (Å²) in [6.45, 7) is -0.0237. The summed E-state index contributed by atoms with van der Waals surface area (Å²) in [5.41, 5.74) is 4.40. The van der Waals surface area contributed by atoms with Gasteiger partial charge in [0.25, 0.3) is 5.69 Å². The predicted octanol–water partition coefficient (Wildman–Crippen LogP) is 2.01. The molecule has 0 fully saturated rings. The van der Waals surface area contributed by atoms with Crippen molar-refractivity contribution in [2.45, 2.75) is 0 Å². The Balaban J connectivity index is 1.33. The number of fused-ring (bicyclic) bond motifs is 3. The zero-order chi connectivity index (χ0) is 23.9. The maximum Gasteiger partial charge on any atom is 0.323 e. The number of nitrogens with zero attached hydrogens (tertiary/aromatic N) is 6. The summed E-state index contributed by atoms with van der Waals surface area (Å²) in [7, 11) is 0. The van der Waals surface area contributed by atoms with Crippen molar-refractivity contribution in [3.63, 3.8) is 0 Å². The first-order valence-electron chi connectivity index (χ1n) is 9.90. The Kier molecular flexibility index (Phi) is 4.48. The lowest BCUT2D eigenvalue weighted by molar-refractivity contribution is -0.385. The van der Waals surface area contributed by atoms with E-state index >= 15 is 0 Å². The van der Waals surface area contributed by atoms with Gasteiger partial charge in [-0.2, -0.15) is 10.1 Å². The summed E-state index contributed by atoms with van der Waals surface area (Å²) < 4.78 is 15.2. The summed E-state index contributed by atoms with van der Waals surface area (Å²) in [5.74, 6) is 0.995.